The summed E-state index contributed by atoms with van der Waals surface area (Å²) >= 11 is 0. The SMILES string of the molecule is FC(F)(F)C(F)(F)C1=CC=C1. The van der Waals surface area contributed by atoms with Crippen LogP contribution in [0.5, 0.6) is 0 Å². The fourth-order valence-electron chi connectivity index (χ4n) is 0.565. The predicted octanol–water partition coefficient (Wildman–Crippen LogP) is 2.68. The fourth-order valence-corrected chi connectivity index (χ4v) is 0.565. The topological polar surface area (TPSA) is 0 Å². The first-order valence-corrected chi connectivity index (χ1v) is 2.69. The van der Waals surface area contributed by atoms with Gasteiger partial charge in [0, 0.05) is 5.57 Å². The maximum Gasteiger partial charge on any atom is 0.458 e. The van der Waals surface area contributed by atoms with Gasteiger partial charge in [-0.2, -0.15) is 22.0 Å². The number of rotatable bonds is 1. The van der Waals surface area contributed by atoms with Gasteiger partial charge in [-0.1, -0.05) is 18.2 Å². The molecule has 0 bridgehead atoms. The van der Waals surface area contributed by atoms with Crippen molar-refractivity contribution in [1.82, 2.24) is 0 Å². The van der Waals surface area contributed by atoms with E-state index in [1.165, 1.54) is 0 Å². The molecule has 0 saturated heterocycles. The molecule has 1 aliphatic rings. The van der Waals surface area contributed by atoms with Crippen LogP contribution in [-0.2, 0) is 0 Å². The van der Waals surface area contributed by atoms with Crippen molar-refractivity contribution in [1.29, 1.82) is 0 Å². The molecule has 1 rings (SSSR count). The van der Waals surface area contributed by atoms with Crippen molar-refractivity contribution in [3.63, 3.8) is 0 Å². The van der Waals surface area contributed by atoms with Crippen molar-refractivity contribution in [2.45, 2.75) is 12.1 Å². The molecule has 0 nitrogen and oxygen atoms in total. The Hall–Kier alpha value is -0.870. The Labute approximate surface area is 59.0 Å². The van der Waals surface area contributed by atoms with Crippen LogP contribution < -0.4 is 0 Å². The minimum Gasteiger partial charge on any atom is -0.191 e. The van der Waals surface area contributed by atoms with Crippen LogP contribution in [0, 0.1) is 0 Å². The summed E-state index contributed by atoms with van der Waals surface area (Å²) in [6.45, 7) is 0. The number of allylic oxidation sites excluding steroid dienone is 4. The maximum absolute atomic E-state index is 12.1. The highest BCUT2D eigenvalue weighted by atomic mass is 19.4. The first-order chi connectivity index (χ1) is 4.86. The van der Waals surface area contributed by atoms with Gasteiger partial charge < -0.3 is 0 Å². The Morgan fingerprint density at radius 2 is 1.45 bits per heavy atom. The molecule has 0 amide bonds. The average Bonchev–Trinajstić information content (AvgIpc) is 1.53. The van der Waals surface area contributed by atoms with Gasteiger partial charge in [-0.25, -0.2) is 0 Å². The van der Waals surface area contributed by atoms with Crippen LogP contribution in [0.1, 0.15) is 0 Å². The normalized spacial score (nSPS) is 17.7. The average molecular weight is 170 g/mol. The second kappa shape index (κ2) is 2.06. The highest BCUT2D eigenvalue weighted by Crippen LogP contribution is 2.43. The second-order valence-electron chi connectivity index (χ2n) is 2.05. The van der Waals surface area contributed by atoms with Crippen LogP contribution in [0.4, 0.5) is 22.0 Å². The van der Waals surface area contributed by atoms with Crippen LogP contribution in [0.3, 0.4) is 0 Å². The van der Waals surface area contributed by atoms with Gasteiger partial charge >= 0.3 is 12.1 Å². The number of halogens is 5. The molecule has 0 heterocycles. The van der Waals surface area contributed by atoms with E-state index >= 15 is 0 Å². The fraction of sp³-hybridized carbons (Fsp3) is 0.333. The summed E-state index contributed by atoms with van der Waals surface area (Å²) in [7, 11) is 0. The third kappa shape index (κ3) is 1.15. The molecule has 62 valence electrons. The number of hydrogen-bond donors (Lipinski definition) is 0. The zero-order valence-electron chi connectivity index (χ0n) is 5.12. The summed E-state index contributed by atoms with van der Waals surface area (Å²) in [5.74, 6) is -4.69. The highest BCUT2D eigenvalue weighted by molar-refractivity contribution is 5.41. The first kappa shape index (κ1) is 8.23. The molecule has 0 aromatic rings. The molecule has 0 radical (unpaired) electrons. The molecule has 0 fully saturated rings. The molecule has 0 saturated carbocycles. The van der Waals surface area contributed by atoms with Gasteiger partial charge in [0.2, 0.25) is 0 Å². The summed E-state index contributed by atoms with van der Waals surface area (Å²) in [6.07, 6.45) is -2.86. The van der Waals surface area contributed by atoms with E-state index in [0.717, 1.165) is 18.2 Å². The zero-order chi connectivity index (χ0) is 8.70. The van der Waals surface area contributed by atoms with Gasteiger partial charge in [0.15, 0.2) is 0 Å². The van der Waals surface area contributed by atoms with Crippen LogP contribution in [-0.4, -0.2) is 12.1 Å². The minimum atomic E-state index is -5.48. The van der Waals surface area contributed by atoms with E-state index < -0.39 is 17.7 Å². The molecule has 0 N–H and O–H groups in total. The van der Waals surface area contributed by atoms with Gasteiger partial charge in [-0.3, -0.25) is 0 Å². The van der Waals surface area contributed by atoms with Crippen molar-refractivity contribution < 1.29 is 22.0 Å². The van der Waals surface area contributed by atoms with Crippen molar-refractivity contribution in [3.05, 3.63) is 23.8 Å². The standard InChI is InChI=1S/C6H3F5/c7-5(8,6(9,10)11)4-2-1-3-4/h1-3H. The molecule has 0 unspecified atom stereocenters. The van der Waals surface area contributed by atoms with Gasteiger partial charge in [0.1, 0.15) is 0 Å². The summed E-state index contributed by atoms with van der Waals surface area (Å²) in [6, 6.07) is 0. The third-order valence-electron chi connectivity index (χ3n) is 1.27. The minimum absolute atomic E-state index is 0.744. The lowest BCUT2D eigenvalue weighted by atomic mass is 10.0. The first-order valence-electron chi connectivity index (χ1n) is 2.69. The van der Waals surface area contributed by atoms with Gasteiger partial charge in [-0.15, -0.1) is 0 Å². The molecule has 0 aromatic heterocycles. The quantitative estimate of drug-likeness (QED) is 0.530. The smallest absolute Gasteiger partial charge is 0.191 e. The van der Waals surface area contributed by atoms with Crippen molar-refractivity contribution in [2.75, 3.05) is 0 Å². The van der Waals surface area contributed by atoms with Crippen molar-refractivity contribution >= 4 is 0 Å². The third-order valence-corrected chi connectivity index (χ3v) is 1.27. The van der Waals surface area contributed by atoms with E-state index in [1.807, 2.05) is 0 Å². The Morgan fingerprint density at radius 3 is 1.55 bits per heavy atom. The predicted molar refractivity (Wildman–Crippen MR) is 28.2 cm³/mol. The van der Waals surface area contributed by atoms with Crippen molar-refractivity contribution in [2.24, 2.45) is 0 Å². The summed E-state index contributed by atoms with van der Waals surface area (Å²) in [4.78, 5) is 0. The van der Waals surface area contributed by atoms with E-state index in [2.05, 4.69) is 0 Å². The Morgan fingerprint density at radius 1 is 1.00 bits per heavy atom. The largest absolute Gasteiger partial charge is 0.458 e. The zero-order valence-corrected chi connectivity index (χ0v) is 5.12. The second-order valence-corrected chi connectivity index (χ2v) is 2.05. The highest BCUT2D eigenvalue weighted by Gasteiger charge is 2.59. The molecule has 0 aromatic carbocycles. The Kier molecular flexibility index (Phi) is 1.54. The van der Waals surface area contributed by atoms with E-state index in [0.29, 0.717) is 0 Å². The Bertz CT molecular complexity index is 220. The molecule has 1 aliphatic carbocycles. The van der Waals surface area contributed by atoms with Crippen LogP contribution in [0.15, 0.2) is 23.8 Å². The molecule has 0 aliphatic heterocycles. The van der Waals surface area contributed by atoms with Crippen LogP contribution in [0.25, 0.3) is 0 Å². The van der Waals surface area contributed by atoms with Crippen molar-refractivity contribution in [3.8, 4) is 0 Å². The Balaban J connectivity index is 2.82. The summed E-state index contributed by atoms with van der Waals surface area (Å²) < 4.78 is 58.7. The summed E-state index contributed by atoms with van der Waals surface area (Å²) in [5, 5.41) is 0. The van der Waals surface area contributed by atoms with E-state index in [1.54, 1.807) is 0 Å². The molecule has 0 atom stereocenters. The van der Waals surface area contributed by atoms with E-state index in [4.69, 9.17) is 0 Å². The molecule has 11 heavy (non-hydrogen) atoms. The summed E-state index contributed by atoms with van der Waals surface area (Å²) in [5.41, 5.74) is -0.981. The van der Waals surface area contributed by atoms with E-state index in [-0.39, 0.29) is 0 Å². The lowest BCUT2D eigenvalue weighted by molar-refractivity contribution is -0.263. The monoisotopic (exact) mass is 170 g/mol. The van der Waals surface area contributed by atoms with E-state index in [9.17, 15) is 22.0 Å². The molecule has 0 spiro atoms. The maximum atomic E-state index is 12.1. The number of hydrogen-bond acceptors (Lipinski definition) is 0. The van der Waals surface area contributed by atoms with Gasteiger partial charge in [0.05, 0.1) is 0 Å². The number of alkyl halides is 5. The van der Waals surface area contributed by atoms with Crippen LogP contribution in [0.2, 0.25) is 0 Å². The van der Waals surface area contributed by atoms with Gasteiger partial charge in [0.25, 0.3) is 0 Å². The van der Waals surface area contributed by atoms with Crippen LogP contribution >= 0.6 is 0 Å². The lowest BCUT2D eigenvalue weighted by Crippen LogP contribution is -2.38. The molecular formula is C6H3F5. The lowest BCUT2D eigenvalue weighted by Gasteiger charge is -2.22. The molecular weight excluding hydrogens is 167 g/mol. The molecule has 5 heteroatoms. The van der Waals surface area contributed by atoms with Gasteiger partial charge in [-0.05, 0) is 0 Å².